The lowest BCUT2D eigenvalue weighted by Crippen LogP contribution is -2.25. The van der Waals surface area contributed by atoms with Crippen molar-refractivity contribution in [1.29, 1.82) is 0 Å². The zero-order chi connectivity index (χ0) is 13.9. The number of unbranched alkanes of at least 4 members (excludes halogenated alkanes) is 7. The highest BCUT2D eigenvalue weighted by Gasteiger charge is 2.22. The van der Waals surface area contributed by atoms with Crippen molar-refractivity contribution >= 4 is 17.5 Å². The Morgan fingerprint density at radius 2 is 1.50 bits per heavy atom. The van der Waals surface area contributed by atoms with Crippen LogP contribution in [0.25, 0.3) is 0 Å². The predicted octanol–water partition coefficient (Wildman–Crippen LogP) is 5.49. The van der Waals surface area contributed by atoms with E-state index in [1.165, 1.54) is 51.4 Å². The summed E-state index contributed by atoms with van der Waals surface area (Å²) in [5.41, 5.74) is 0.812. The third kappa shape index (κ3) is 8.84. The SMILES string of the molecule is CCCCCCCCCCSC(C)(C)C(C)=NO. The molecule has 108 valence electrons. The molecule has 0 aliphatic carbocycles. The van der Waals surface area contributed by atoms with Gasteiger partial charge in [0.25, 0.3) is 0 Å². The first-order valence-electron chi connectivity index (χ1n) is 7.37. The van der Waals surface area contributed by atoms with Crippen molar-refractivity contribution < 1.29 is 5.21 Å². The summed E-state index contributed by atoms with van der Waals surface area (Å²) < 4.78 is -0.0319. The minimum absolute atomic E-state index is 0.0319. The molecule has 0 bridgehead atoms. The van der Waals surface area contributed by atoms with E-state index in [0.29, 0.717) is 0 Å². The fourth-order valence-electron chi connectivity index (χ4n) is 1.79. The standard InChI is InChI=1S/C15H31NOS/c1-5-6-7-8-9-10-11-12-13-18-15(3,4)14(2)16-17/h17H,5-13H2,1-4H3. The number of thioether (sulfide) groups is 1. The maximum absolute atomic E-state index is 8.79. The average Bonchev–Trinajstić information content (AvgIpc) is 2.35. The number of nitrogens with zero attached hydrogens (tertiary/aromatic N) is 1. The highest BCUT2D eigenvalue weighted by atomic mass is 32.2. The monoisotopic (exact) mass is 273 g/mol. The fraction of sp³-hybridized carbons (Fsp3) is 0.933. The van der Waals surface area contributed by atoms with Crippen molar-refractivity contribution in [2.45, 2.75) is 83.8 Å². The summed E-state index contributed by atoms with van der Waals surface area (Å²) in [5, 5.41) is 12.1. The van der Waals surface area contributed by atoms with Gasteiger partial charge in [-0.15, -0.1) is 11.8 Å². The van der Waals surface area contributed by atoms with Crippen LogP contribution in [0.3, 0.4) is 0 Å². The maximum atomic E-state index is 8.79. The first kappa shape index (κ1) is 17.8. The van der Waals surface area contributed by atoms with Crippen LogP contribution in [0.4, 0.5) is 0 Å². The molecule has 0 saturated heterocycles. The van der Waals surface area contributed by atoms with Crippen LogP contribution in [0.1, 0.15) is 79.1 Å². The van der Waals surface area contributed by atoms with Gasteiger partial charge in [0.05, 0.1) is 10.5 Å². The van der Waals surface area contributed by atoms with Crippen LogP contribution in [0.15, 0.2) is 5.16 Å². The van der Waals surface area contributed by atoms with Gasteiger partial charge in [0, 0.05) is 0 Å². The molecule has 0 aliphatic heterocycles. The quantitative estimate of drug-likeness (QED) is 0.234. The molecule has 0 unspecified atom stereocenters. The molecule has 0 radical (unpaired) electrons. The summed E-state index contributed by atoms with van der Waals surface area (Å²) in [6, 6.07) is 0. The van der Waals surface area contributed by atoms with Crippen LogP contribution in [0, 0.1) is 0 Å². The molecule has 3 heteroatoms. The number of rotatable bonds is 11. The Balaban J connectivity index is 3.40. The van der Waals surface area contributed by atoms with Crippen LogP contribution in [0.2, 0.25) is 0 Å². The van der Waals surface area contributed by atoms with E-state index in [9.17, 15) is 0 Å². The fourth-order valence-corrected chi connectivity index (χ4v) is 2.90. The lowest BCUT2D eigenvalue weighted by Gasteiger charge is -2.22. The van der Waals surface area contributed by atoms with E-state index in [-0.39, 0.29) is 4.75 Å². The van der Waals surface area contributed by atoms with Crippen LogP contribution < -0.4 is 0 Å². The molecule has 18 heavy (non-hydrogen) atoms. The Morgan fingerprint density at radius 1 is 1.00 bits per heavy atom. The third-order valence-corrected chi connectivity index (χ3v) is 4.99. The second kappa shape index (κ2) is 10.7. The number of oxime groups is 1. The van der Waals surface area contributed by atoms with E-state index in [1.807, 2.05) is 18.7 Å². The van der Waals surface area contributed by atoms with Crippen molar-refractivity contribution in [1.82, 2.24) is 0 Å². The van der Waals surface area contributed by atoms with Crippen LogP contribution in [-0.4, -0.2) is 21.4 Å². The van der Waals surface area contributed by atoms with Crippen LogP contribution in [-0.2, 0) is 0 Å². The molecule has 1 N–H and O–H groups in total. The highest BCUT2D eigenvalue weighted by molar-refractivity contribution is 8.01. The van der Waals surface area contributed by atoms with Gasteiger partial charge in [-0.25, -0.2) is 0 Å². The smallest absolute Gasteiger partial charge is 0.0694 e. The Hall–Kier alpha value is -0.180. The predicted molar refractivity (Wildman–Crippen MR) is 84.0 cm³/mol. The zero-order valence-corrected chi connectivity index (χ0v) is 13.5. The normalized spacial score (nSPS) is 13.0. The van der Waals surface area contributed by atoms with Gasteiger partial charge < -0.3 is 5.21 Å². The minimum Gasteiger partial charge on any atom is -0.411 e. The van der Waals surface area contributed by atoms with E-state index in [1.54, 1.807) is 0 Å². The van der Waals surface area contributed by atoms with Gasteiger partial charge in [0.2, 0.25) is 0 Å². The molecule has 0 heterocycles. The molecule has 0 fully saturated rings. The van der Waals surface area contributed by atoms with Crippen molar-refractivity contribution in [3.8, 4) is 0 Å². The lowest BCUT2D eigenvalue weighted by molar-refractivity contribution is 0.316. The van der Waals surface area contributed by atoms with Gasteiger partial charge in [-0.1, -0.05) is 57.0 Å². The topological polar surface area (TPSA) is 32.6 Å². The zero-order valence-electron chi connectivity index (χ0n) is 12.7. The Labute approximate surface area is 118 Å². The highest BCUT2D eigenvalue weighted by Crippen LogP contribution is 2.27. The summed E-state index contributed by atoms with van der Waals surface area (Å²) in [6.45, 7) is 8.40. The molecule has 0 aromatic carbocycles. The van der Waals surface area contributed by atoms with Crippen molar-refractivity contribution in [3.05, 3.63) is 0 Å². The van der Waals surface area contributed by atoms with Gasteiger partial charge in [-0.05, 0) is 32.9 Å². The average molecular weight is 273 g/mol. The molecule has 0 atom stereocenters. The number of hydrogen-bond acceptors (Lipinski definition) is 3. The Bertz CT molecular complexity index is 227. The Kier molecular flexibility index (Phi) is 10.6. The van der Waals surface area contributed by atoms with Gasteiger partial charge in [-0.3, -0.25) is 0 Å². The van der Waals surface area contributed by atoms with Gasteiger partial charge >= 0.3 is 0 Å². The molecule has 0 aromatic heterocycles. The first-order valence-corrected chi connectivity index (χ1v) is 8.36. The summed E-state index contributed by atoms with van der Waals surface area (Å²) in [4.78, 5) is 0. The molecule has 2 nitrogen and oxygen atoms in total. The molecule has 0 spiro atoms. The van der Waals surface area contributed by atoms with Crippen LogP contribution in [0.5, 0.6) is 0 Å². The summed E-state index contributed by atoms with van der Waals surface area (Å²) in [7, 11) is 0. The second-order valence-electron chi connectivity index (χ2n) is 5.52. The molecule has 0 aromatic rings. The van der Waals surface area contributed by atoms with Gasteiger partial charge in [0.15, 0.2) is 0 Å². The number of hydrogen-bond donors (Lipinski definition) is 1. The van der Waals surface area contributed by atoms with E-state index in [2.05, 4.69) is 25.9 Å². The molecular weight excluding hydrogens is 242 g/mol. The lowest BCUT2D eigenvalue weighted by atomic mass is 10.1. The van der Waals surface area contributed by atoms with Crippen molar-refractivity contribution in [2.75, 3.05) is 5.75 Å². The molecule has 0 amide bonds. The van der Waals surface area contributed by atoms with Gasteiger partial charge in [-0.2, -0.15) is 0 Å². The Morgan fingerprint density at radius 3 is 2.00 bits per heavy atom. The first-order chi connectivity index (χ1) is 8.54. The molecule has 0 aliphatic rings. The van der Waals surface area contributed by atoms with E-state index in [4.69, 9.17) is 5.21 Å². The molecular formula is C15H31NOS. The molecule has 0 rings (SSSR count). The van der Waals surface area contributed by atoms with E-state index >= 15 is 0 Å². The largest absolute Gasteiger partial charge is 0.411 e. The maximum Gasteiger partial charge on any atom is 0.0694 e. The summed E-state index contributed by atoms with van der Waals surface area (Å²) in [5.74, 6) is 1.16. The molecule has 0 saturated carbocycles. The van der Waals surface area contributed by atoms with Crippen molar-refractivity contribution in [3.63, 3.8) is 0 Å². The second-order valence-corrected chi connectivity index (χ2v) is 7.24. The summed E-state index contributed by atoms with van der Waals surface area (Å²) >= 11 is 1.89. The van der Waals surface area contributed by atoms with Gasteiger partial charge in [0.1, 0.15) is 0 Å². The minimum atomic E-state index is -0.0319. The third-order valence-electron chi connectivity index (χ3n) is 3.48. The van der Waals surface area contributed by atoms with Crippen molar-refractivity contribution in [2.24, 2.45) is 5.16 Å². The summed E-state index contributed by atoms with van der Waals surface area (Å²) in [6.07, 6.45) is 10.9. The van der Waals surface area contributed by atoms with E-state index < -0.39 is 0 Å². The van der Waals surface area contributed by atoms with Crippen LogP contribution >= 0.6 is 11.8 Å². The van der Waals surface area contributed by atoms with E-state index in [0.717, 1.165) is 11.5 Å².